The molecule has 0 radical (unpaired) electrons. The van der Waals surface area contributed by atoms with Gasteiger partial charge in [-0.25, -0.2) is 8.42 Å². The van der Waals surface area contributed by atoms with Gasteiger partial charge in [0.15, 0.2) is 0 Å². The second-order valence-corrected chi connectivity index (χ2v) is 6.41. The fourth-order valence-electron chi connectivity index (χ4n) is 1.97. The van der Waals surface area contributed by atoms with Gasteiger partial charge in [-0.05, 0) is 12.0 Å². The molecule has 1 fully saturated rings. The third kappa shape index (κ3) is 4.55. The maximum absolute atomic E-state index is 12.6. The van der Waals surface area contributed by atoms with E-state index in [4.69, 9.17) is 0 Å². The van der Waals surface area contributed by atoms with Crippen LogP contribution in [0.25, 0.3) is 0 Å². The molecule has 1 aromatic carbocycles. The molecule has 0 aromatic heterocycles. The molecule has 1 saturated heterocycles. The summed E-state index contributed by atoms with van der Waals surface area (Å²) >= 11 is 0. The largest absolute Gasteiger partial charge is 1.00 e. The second-order valence-electron chi connectivity index (χ2n) is 4.32. The fraction of sp³-hybridized carbons (Fsp3) is 0.400. The van der Waals surface area contributed by atoms with Crippen molar-refractivity contribution in [1.82, 2.24) is 4.31 Å². The van der Waals surface area contributed by atoms with Gasteiger partial charge in [0.25, 0.3) is 0 Å². The summed E-state index contributed by atoms with van der Waals surface area (Å²) in [5, 5.41) is 0. The summed E-state index contributed by atoms with van der Waals surface area (Å²) in [5.41, 5.74) is -0.318. The van der Waals surface area contributed by atoms with Crippen molar-refractivity contribution in [2.75, 3.05) is 12.3 Å². The van der Waals surface area contributed by atoms with Gasteiger partial charge in [-0.15, -0.1) is 5.46 Å². The minimum atomic E-state index is -5.04. The molecule has 0 atom stereocenters. The van der Waals surface area contributed by atoms with Crippen LogP contribution in [0, 0.1) is 0 Å². The summed E-state index contributed by atoms with van der Waals surface area (Å²) in [6.45, 7) is -4.65. The van der Waals surface area contributed by atoms with Gasteiger partial charge in [-0.1, -0.05) is 24.3 Å². The molecule has 0 unspecified atom stereocenters. The monoisotopic (exact) mass is 317 g/mol. The summed E-state index contributed by atoms with van der Waals surface area (Å²) in [4.78, 5) is 0. The normalized spacial score (nSPS) is 19.1. The predicted octanol–water partition coefficient (Wildman–Crippen LogP) is -1.72. The van der Waals surface area contributed by atoms with Gasteiger partial charge in [0.05, 0.1) is 5.75 Å². The quantitative estimate of drug-likeness (QED) is 0.622. The maximum Gasteiger partial charge on any atom is 1.00 e. The molecule has 1 aliphatic heterocycles. The first kappa shape index (κ1) is 17.7. The van der Waals surface area contributed by atoms with Gasteiger partial charge in [-0.3, -0.25) is 0 Å². The number of benzene rings is 1. The molecule has 0 amide bonds. The minimum absolute atomic E-state index is 0. The summed E-state index contributed by atoms with van der Waals surface area (Å²) < 4.78 is 62.0. The van der Waals surface area contributed by atoms with Crippen molar-refractivity contribution in [3.8, 4) is 0 Å². The smallest absolute Gasteiger partial charge is 0.445 e. The Labute approximate surface area is 153 Å². The first-order chi connectivity index (χ1) is 8.29. The van der Waals surface area contributed by atoms with E-state index in [0.29, 0.717) is 18.5 Å². The molecule has 0 aliphatic carbocycles. The fourth-order valence-corrected chi connectivity index (χ4v) is 3.47. The number of sulfonamides is 1. The Morgan fingerprint density at radius 1 is 1.26 bits per heavy atom. The Balaban J connectivity index is 0.00000180. The van der Waals surface area contributed by atoms with E-state index in [-0.39, 0.29) is 63.7 Å². The van der Waals surface area contributed by atoms with Crippen LogP contribution in [0.15, 0.2) is 24.3 Å². The summed E-state index contributed by atoms with van der Waals surface area (Å²) in [5.74, 6) is 0.0793. The molecule has 1 aromatic rings. The van der Waals surface area contributed by atoms with Crippen LogP contribution in [0.4, 0.5) is 12.9 Å². The first-order valence-corrected chi connectivity index (χ1v) is 7.16. The Morgan fingerprint density at radius 2 is 1.95 bits per heavy atom. The average molecular weight is 317 g/mol. The van der Waals surface area contributed by atoms with Gasteiger partial charge >= 0.3 is 58.4 Å². The molecule has 0 N–H and O–H groups in total. The van der Waals surface area contributed by atoms with Gasteiger partial charge in [0.1, 0.15) is 0 Å². The predicted molar refractivity (Wildman–Crippen MR) is 64.0 cm³/mol. The molecular weight excluding hydrogens is 305 g/mol. The molecule has 19 heavy (non-hydrogen) atoms. The van der Waals surface area contributed by atoms with E-state index in [1.54, 1.807) is 0 Å². The molecule has 100 valence electrons. The maximum atomic E-state index is 12.6. The minimum Gasteiger partial charge on any atom is -0.445 e. The van der Waals surface area contributed by atoms with Gasteiger partial charge in [0.2, 0.25) is 10.0 Å². The zero-order valence-corrected chi connectivity index (χ0v) is 14.5. The van der Waals surface area contributed by atoms with Crippen molar-refractivity contribution in [2.45, 2.75) is 13.0 Å². The number of rotatable bonds is 3. The zero-order valence-electron chi connectivity index (χ0n) is 10.5. The van der Waals surface area contributed by atoms with E-state index in [9.17, 15) is 21.4 Å². The van der Waals surface area contributed by atoms with Crippen LogP contribution in [0.1, 0.15) is 12.0 Å². The van der Waals surface area contributed by atoms with Crippen LogP contribution in [-0.2, 0) is 16.6 Å². The molecule has 2 rings (SSSR count). The number of hydrogen-bond donors (Lipinski definition) is 0. The van der Waals surface area contributed by atoms with Crippen LogP contribution in [0.2, 0.25) is 0 Å². The first-order valence-electron chi connectivity index (χ1n) is 5.56. The third-order valence-corrected chi connectivity index (χ3v) is 4.79. The molecule has 1 heterocycles. The SMILES string of the molecule is O=S1(=O)CCCN1Cc1cccc([B-](F)(F)F)c1.[K+]. The van der Waals surface area contributed by atoms with Crippen molar-refractivity contribution in [3.05, 3.63) is 29.8 Å². The van der Waals surface area contributed by atoms with Gasteiger partial charge in [0, 0.05) is 13.1 Å². The molecule has 1 aliphatic rings. The van der Waals surface area contributed by atoms with E-state index < -0.39 is 22.5 Å². The van der Waals surface area contributed by atoms with Crippen LogP contribution in [-0.4, -0.2) is 32.0 Å². The van der Waals surface area contributed by atoms with E-state index in [1.807, 2.05) is 0 Å². The Hall–Kier alpha value is 0.621. The summed E-state index contributed by atoms with van der Waals surface area (Å²) in [6, 6.07) is 4.84. The number of halogens is 3. The molecule has 3 nitrogen and oxygen atoms in total. The third-order valence-electron chi connectivity index (χ3n) is 2.89. The van der Waals surface area contributed by atoms with Crippen LogP contribution in [0.3, 0.4) is 0 Å². The second kappa shape index (κ2) is 6.59. The zero-order chi connectivity index (χ0) is 13.4. The van der Waals surface area contributed by atoms with Gasteiger partial charge < -0.3 is 12.9 Å². The Morgan fingerprint density at radius 3 is 2.47 bits per heavy atom. The van der Waals surface area contributed by atoms with Crippen LogP contribution >= 0.6 is 0 Å². The van der Waals surface area contributed by atoms with Crippen LogP contribution < -0.4 is 56.8 Å². The standard InChI is InChI=1S/C10H12BF3NO2S.K/c12-11(13,14)10-4-1-3-9(7-10)8-15-5-2-6-18(15,16)17;/h1,3-4,7H,2,5-6,8H2;/q-1;+1. The number of hydrogen-bond acceptors (Lipinski definition) is 2. The Kier molecular flexibility index (Phi) is 6.13. The molecular formula is C10H12BF3KNO2S. The van der Waals surface area contributed by atoms with E-state index in [0.717, 1.165) is 12.1 Å². The van der Waals surface area contributed by atoms with Crippen molar-refractivity contribution >= 4 is 22.5 Å². The van der Waals surface area contributed by atoms with Crippen molar-refractivity contribution in [2.24, 2.45) is 0 Å². The summed E-state index contributed by atoms with van der Waals surface area (Å²) in [6.07, 6.45) is 0.533. The van der Waals surface area contributed by atoms with E-state index >= 15 is 0 Å². The van der Waals surface area contributed by atoms with Crippen molar-refractivity contribution in [3.63, 3.8) is 0 Å². The summed E-state index contributed by atoms with van der Waals surface area (Å²) in [7, 11) is -3.28. The topological polar surface area (TPSA) is 37.4 Å². The average Bonchev–Trinajstić information content (AvgIpc) is 2.58. The van der Waals surface area contributed by atoms with E-state index in [2.05, 4.69) is 0 Å². The van der Waals surface area contributed by atoms with E-state index in [1.165, 1.54) is 16.4 Å². The molecule has 0 bridgehead atoms. The molecule has 0 spiro atoms. The molecule has 0 saturated carbocycles. The Bertz CT molecular complexity index is 550. The van der Waals surface area contributed by atoms with Crippen molar-refractivity contribution < 1.29 is 72.7 Å². The van der Waals surface area contributed by atoms with Gasteiger partial charge in [-0.2, -0.15) is 4.31 Å². The number of nitrogens with zero attached hydrogens (tertiary/aromatic N) is 1. The van der Waals surface area contributed by atoms with Crippen LogP contribution in [0.5, 0.6) is 0 Å². The molecule has 9 heteroatoms. The van der Waals surface area contributed by atoms with Crippen molar-refractivity contribution in [1.29, 1.82) is 0 Å².